The molecule has 0 fully saturated rings. The molecule has 1 rings (SSSR count). The summed E-state index contributed by atoms with van der Waals surface area (Å²) >= 11 is 1.33. The summed E-state index contributed by atoms with van der Waals surface area (Å²) in [5, 5.41) is 0.578. The number of rotatable bonds is 6. The number of terminal acetylenes is 1. The highest BCUT2D eigenvalue weighted by atomic mass is 32.1. The maximum atomic E-state index is 12.2. The van der Waals surface area contributed by atoms with Crippen LogP contribution in [-0.4, -0.2) is 18.2 Å². The Hall–Kier alpha value is -0.660. The van der Waals surface area contributed by atoms with Gasteiger partial charge in [0.2, 0.25) is 0 Å². The highest BCUT2D eigenvalue weighted by Crippen LogP contribution is 2.51. The molecule has 0 N–H and O–H groups in total. The van der Waals surface area contributed by atoms with E-state index in [0.29, 0.717) is 18.2 Å². The monoisotopic (exact) mass is 259 g/mol. The van der Waals surface area contributed by atoms with E-state index >= 15 is 0 Å². The molecule has 0 bridgehead atoms. The van der Waals surface area contributed by atoms with Crippen molar-refractivity contribution in [2.45, 2.75) is 20.0 Å². The van der Waals surface area contributed by atoms with Gasteiger partial charge < -0.3 is 9.05 Å². The summed E-state index contributed by atoms with van der Waals surface area (Å²) in [4.78, 5) is 4.81. The van der Waals surface area contributed by atoms with Crippen LogP contribution in [0, 0.1) is 12.3 Å². The van der Waals surface area contributed by atoms with Crippen molar-refractivity contribution in [3.05, 3.63) is 16.1 Å². The smallest absolute Gasteiger partial charge is 0.309 e. The number of aromatic nitrogens is 1. The van der Waals surface area contributed by atoms with Gasteiger partial charge >= 0.3 is 7.60 Å². The second-order valence-electron chi connectivity index (χ2n) is 2.88. The number of thiazole rings is 1. The van der Waals surface area contributed by atoms with Gasteiger partial charge in [-0.25, -0.2) is 4.98 Å². The zero-order valence-electron chi connectivity index (χ0n) is 9.30. The molecule has 1 heterocycles. The zero-order valence-corrected chi connectivity index (χ0v) is 11.0. The number of hydrogen-bond acceptors (Lipinski definition) is 5. The van der Waals surface area contributed by atoms with Crippen LogP contribution in [0.25, 0.3) is 0 Å². The van der Waals surface area contributed by atoms with E-state index in [4.69, 9.17) is 15.5 Å². The topological polar surface area (TPSA) is 48.4 Å². The Morgan fingerprint density at radius 2 is 2.12 bits per heavy atom. The van der Waals surface area contributed by atoms with Gasteiger partial charge in [0.05, 0.1) is 19.4 Å². The molecule has 0 saturated heterocycles. The first-order chi connectivity index (χ1) is 7.63. The number of hydrogen-bond donors (Lipinski definition) is 0. The maximum Gasteiger partial charge on any atom is 0.335 e. The Kier molecular flexibility index (Phi) is 5.17. The van der Waals surface area contributed by atoms with Crippen LogP contribution in [-0.2, 0) is 19.8 Å². The van der Waals surface area contributed by atoms with Gasteiger partial charge in [-0.1, -0.05) is 0 Å². The molecule has 0 radical (unpaired) electrons. The minimum absolute atomic E-state index is 0.230. The first-order valence-corrected chi connectivity index (χ1v) is 7.47. The van der Waals surface area contributed by atoms with E-state index in [0.717, 1.165) is 4.88 Å². The maximum absolute atomic E-state index is 12.2. The lowest BCUT2D eigenvalue weighted by atomic mass is 10.6. The molecular formula is C10H14NO3PS. The summed E-state index contributed by atoms with van der Waals surface area (Å²) in [6.45, 7) is 4.28. The largest absolute Gasteiger partial charge is 0.335 e. The Morgan fingerprint density at radius 1 is 1.50 bits per heavy atom. The van der Waals surface area contributed by atoms with E-state index in [2.05, 4.69) is 10.9 Å². The van der Waals surface area contributed by atoms with Crippen LogP contribution in [0.1, 0.15) is 23.7 Å². The molecule has 1 aromatic rings. The van der Waals surface area contributed by atoms with E-state index in [1.807, 2.05) is 0 Å². The average molecular weight is 259 g/mol. The second-order valence-corrected chi connectivity index (χ2v) is 6.05. The Balaban J connectivity index is 2.75. The summed E-state index contributed by atoms with van der Waals surface area (Å²) in [6.07, 6.45) is 7.06. The van der Waals surface area contributed by atoms with Crippen molar-refractivity contribution in [3.8, 4) is 12.3 Å². The third-order valence-electron chi connectivity index (χ3n) is 1.68. The van der Waals surface area contributed by atoms with Gasteiger partial charge in [0, 0.05) is 11.1 Å². The summed E-state index contributed by atoms with van der Waals surface area (Å²) < 4.78 is 22.5. The predicted molar refractivity (Wildman–Crippen MR) is 64.6 cm³/mol. The molecule has 88 valence electrons. The summed E-state index contributed by atoms with van der Waals surface area (Å²) in [5.41, 5.74) is 0. The summed E-state index contributed by atoms with van der Waals surface area (Å²) in [7, 11) is -3.04. The Labute approximate surface area is 99.5 Å². The fourth-order valence-corrected chi connectivity index (χ4v) is 3.92. The molecule has 6 heteroatoms. The third kappa shape index (κ3) is 3.73. The second kappa shape index (κ2) is 6.17. The van der Waals surface area contributed by atoms with Crippen LogP contribution >= 0.6 is 18.9 Å². The van der Waals surface area contributed by atoms with Gasteiger partial charge in [0.15, 0.2) is 5.01 Å². The molecule has 0 aliphatic rings. The van der Waals surface area contributed by atoms with Crippen LogP contribution in [0.5, 0.6) is 0 Å². The van der Waals surface area contributed by atoms with E-state index in [1.54, 1.807) is 20.0 Å². The van der Waals surface area contributed by atoms with Crippen molar-refractivity contribution < 1.29 is 13.6 Å². The molecule has 0 amide bonds. The first-order valence-electron chi connectivity index (χ1n) is 4.93. The molecule has 0 spiro atoms. The van der Waals surface area contributed by atoms with Gasteiger partial charge in [-0.15, -0.1) is 17.8 Å². The fourth-order valence-electron chi connectivity index (χ4n) is 1.16. The van der Waals surface area contributed by atoms with Gasteiger partial charge in [-0.3, -0.25) is 4.57 Å². The van der Waals surface area contributed by atoms with Crippen LogP contribution in [0.2, 0.25) is 0 Å². The standard InChI is InChI=1S/C10H14NO3PS/c1-4-10-11-7-9(16-10)8-15(12,13-5-2)14-6-3/h1,7H,5-6,8H2,2-3H3. The Bertz CT molecular complexity index is 414. The molecule has 0 saturated carbocycles. The molecule has 0 aromatic carbocycles. The highest BCUT2D eigenvalue weighted by molar-refractivity contribution is 7.53. The quantitative estimate of drug-likeness (QED) is 0.582. The Morgan fingerprint density at radius 3 is 2.56 bits per heavy atom. The van der Waals surface area contributed by atoms with Crippen molar-refractivity contribution in [2.24, 2.45) is 0 Å². The van der Waals surface area contributed by atoms with Gasteiger partial charge in [-0.2, -0.15) is 0 Å². The van der Waals surface area contributed by atoms with Crippen LogP contribution < -0.4 is 0 Å². The molecule has 0 aliphatic carbocycles. The molecule has 0 aliphatic heterocycles. The lowest BCUT2D eigenvalue weighted by Crippen LogP contribution is -1.97. The minimum Gasteiger partial charge on any atom is -0.309 e. The normalized spacial score (nSPS) is 11.3. The molecule has 4 nitrogen and oxygen atoms in total. The molecule has 0 atom stereocenters. The fraction of sp³-hybridized carbons (Fsp3) is 0.500. The highest BCUT2D eigenvalue weighted by Gasteiger charge is 2.25. The third-order valence-corrected chi connectivity index (χ3v) is 4.85. The minimum atomic E-state index is -3.04. The van der Waals surface area contributed by atoms with Crippen LogP contribution in [0.15, 0.2) is 6.20 Å². The molecular weight excluding hydrogens is 245 g/mol. The predicted octanol–water partition coefficient (Wildman–Crippen LogP) is 2.89. The lowest BCUT2D eigenvalue weighted by Gasteiger charge is -2.15. The molecule has 0 unspecified atom stereocenters. The van der Waals surface area contributed by atoms with Crippen molar-refractivity contribution in [3.63, 3.8) is 0 Å². The van der Waals surface area contributed by atoms with Crippen molar-refractivity contribution in [2.75, 3.05) is 13.2 Å². The van der Waals surface area contributed by atoms with Gasteiger partial charge in [0.25, 0.3) is 0 Å². The first kappa shape index (κ1) is 13.4. The van der Waals surface area contributed by atoms with E-state index in [9.17, 15) is 4.57 Å². The average Bonchev–Trinajstić information content (AvgIpc) is 2.65. The number of nitrogens with zero attached hydrogens (tertiary/aromatic N) is 1. The van der Waals surface area contributed by atoms with E-state index < -0.39 is 7.60 Å². The van der Waals surface area contributed by atoms with E-state index in [-0.39, 0.29) is 6.16 Å². The lowest BCUT2D eigenvalue weighted by molar-refractivity contribution is 0.219. The van der Waals surface area contributed by atoms with Crippen LogP contribution in [0.4, 0.5) is 0 Å². The van der Waals surface area contributed by atoms with E-state index in [1.165, 1.54) is 11.3 Å². The molecule has 16 heavy (non-hydrogen) atoms. The zero-order chi connectivity index (χ0) is 12.0. The molecule has 1 aromatic heterocycles. The summed E-state index contributed by atoms with van der Waals surface area (Å²) in [6, 6.07) is 0. The summed E-state index contributed by atoms with van der Waals surface area (Å²) in [5.74, 6) is 2.43. The SMILES string of the molecule is C#Cc1ncc(CP(=O)(OCC)OCC)s1. The van der Waals surface area contributed by atoms with Gasteiger partial charge in [0.1, 0.15) is 0 Å². The van der Waals surface area contributed by atoms with Gasteiger partial charge in [-0.05, 0) is 19.8 Å². The van der Waals surface area contributed by atoms with Crippen molar-refractivity contribution in [1.82, 2.24) is 4.98 Å². The van der Waals surface area contributed by atoms with Crippen LogP contribution in [0.3, 0.4) is 0 Å². The van der Waals surface area contributed by atoms with Crippen molar-refractivity contribution >= 4 is 18.9 Å². The van der Waals surface area contributed by atoms with Crippen molar-refractivity contribution in [1.29, 1.82) is 0 Å².